The summed E-state index contributed by atoms with van der Waals surface area (Å²) in [4.78, 5) is 20.4. The number of piperidine rings is 1. The van der Waals surface area contributed by atoms with E-state index in [0.717, 1.165) is 66.1 Å². The van der Waals surface area contributed by atoms with Crippen LogP contribution in [0.1, 0.15) is 47.6 Å². The van der Waals surface area contributed by atoms with Crippen molar-refractivity contribution < 1.29 is 14.3 Å². The van der Waals surface area contributed by atoms with E-state index >= 15 is 0 Å². The zero-order valence-corrected chi connectivity index (χ0v) is 17.5. The molecular formula is C21H27N3O3S. The van der Waals surface area contributed by atoms with Crippen LogP contribution >= 0.6 is 11.3 Å². The van der Waals surface area contributed by atoms with Gasteiger partial charge in [0.2, 0.25) is 6.79 Å². The van der Waals surface area contributed by atoms with Crippen LogP contribution in [0.2, 0.25) is 0 Å². The Balaban J connectivity index is 1.48. The number of aryl methyl sites for hydroxylation is 1. The maximum atomic E-state index is 13.2. The molecule has 3 heterocycles. The van der Waals surface area contributed by atoms with Crippen molar-refractivity contribution in [2.24, 2.45) is 5.41 Å². The molecule has 1 aromatic carbocycles. The van der Waals surface area contributed by atoms with Gasteiger partial charge in [-0.05, 0) is 56.2 Å². The molecule has 6 nitrogen and oxygen atoms in total. The second kappa shape index (κ2) is 7.62. The average molecular weight is 402 g/mol. The molecule has 0 bridgehead atoms. The van der Waals surface area contributed by atoms with Crippen LogP contribution in [0.3, 0.4) is 0 Å². The zero-order valence-electron chi connectivity index (χ0n) is 16.7. The van der Waals surface area contributed by atoms with Gasteiger partial charge < -0.3 is 19.7 Å². The van der Waals surface area contributed by atoms with Crippen LogP contribution in [0.4, 0.5) is 5.13 Å². The van der Waals surface area contributed by atoms with Gasteiger partial charge in [0.1, 0.15) is 4.88 Å². The third-order valence-electron chi connectivity index (χ3n) is 5.45. The molecule has 0 radical (unpaired) electrons. The number of rotatable bonds is 5. The van der Waals surface area contributed by atoms with E-state index in [0.29, 0.717) is 6.79 Å². The maximum absolute atomic E-state index is 13.2. The van der Waals surface area contributed by atoms with Crippen molar-refractivity contribution in [3.05, 3.63) is 34.3 Å². The topological polar surface area (TPSA) is 63.7 Å². The van der Waals surface area contributed by atoms with Crippen molar-refractivity contribution in [2.45, 2.75) is 40.0 Å². The van der Waals surface area contributed by atoms with Gasteiger partial charge in [0, 0.05) is 19.6 Å². The summed E-state index contributed by atoms with van der Waals surface area (Å²) in [5.41, 5.74) is 2.09. The Bertz CT molecular complexity index is 882. The van der Waals surface area contributed by atoms with Crippen LogP contribution in [0, 0.1) is 12.3 Å². The Morgan fingerprint density at radius 3 is 3.00 bits per heavy atom. The highest BCUT2D eigenvalue weighted by Gasteiger charge is 2.35. The molecule has 0 saturated carbocycles. The van der Waals surface area contributed by atoms with E-state index in [1.807, 2.05) is 24.8 Å². The molecule has 0 aliphatic carbocycles. The number of likely N-dealkylation sites (tertiary alicyclic amines) is 1. The number of aromatic nitrogens is 1. The predicted octanol–water partition coefficient (Wildman–Crippen LogP) is 4.10. The van der Waals surface area contributed by atoms with Crippen molar-refractivity contribution in [3.63, 3.8) is 0 Å². The molecule has 7 heteroatoms. The van der Waals surface area contributed by atoms with Crippen molar-refractivity contribution in [2.75, 3.05) is 31.7 Å². The number of ether oxygens (including phenoxy) is 2. The molecular weight excluding hydrogens is 374 g/mol. The SMILES string of the molecule is CCNc1nc(C)c(C(=O)N2CCCC(C)(Cc3ccc4c(c3)OCO4)C2)s1. The van der Waals surface area contributed by atoms with E-state index in [2.05, 4.69) is 29.4 Å². The van der Waals surface area contributed by atoms with Gasteiger partial charge >= 0.3 is 0 Å². The van der Waals surface area contributed by atoms with E-state index in [1.54, 1.807) is 0 Å². The summed E-state index contributed by atoms with van der Waals surface area (Å²) in [6.07, 6.45) is 3.04. The zero-order chi connectivity index (χ0) is 19.7. The summed E-state index contributed by atoms with van der Waals surface area (Å²) in [5, 5.41) is 4.03. The lowest BCUT2D eigenvalue weighted by atomic mass is 9.77. The number of amides is 1. The van der Waals surface area contributed by atoms with Gasteiger partial charge in [-0.15, -0.1) is 0 Å². The van der Waals surface area contributed by atoms with Gasteiger partial charge in [0.15, 0.2) is 16.6 Å². The van der Waals surface area contributed by atoms with Crippen LogP contribution in [-0.4, -0.2) is 42.2 Å². The Hall–Kier alpha value is -2.28. The highest BCUT2D eigenvalue weighted by atomic mass is 32.1. The molecule has 0 spiro atoms. The third-order valence-corrected chi connectivity index (χ3v) is 6.56. The molecule has 4 rings (SSSR count). The minimum atomic E-state index is 0.0463. The third kappa shape index (κ3) is 3.81. The van der Waals surface area contributed by atoms with E-state index < -0.39 is 0 Å². The quantitative estimate of drug-likeness (QED) is 0.817. The van der Waals surface area contributed by atoms with E-state index in [-0.39, 0.29) is 11.3 Å². The lowest BCUT2D eigenvalue weighted by Gasteiger charge is -2.40. The number of carbonyl (C=O) groups is 1. The smallest absolute Gasteiger partial charge is 0.265 e. The summed E-state index contributed by atoms with van der Waals surface area (Å²) in [7, 11) is 0. The minimum absolute atomic E-state index is 0.0463. The summed E-state index contributed by atoms with van der Waals surface area (Å²) in [6.45, 7) is 8.89. The second-order valence-electron chi connectivity index (χ2n) is 7.97. The highest BCUT2D eigenvalue weighted by molar-refractivity contribution is 7.17. The van der Waals surface area contributed by atoms with E-state index in [1.165, 1.54) is 16.9 Å². The number of thiazole rings is 1. The first kappa shape index (κ1) is 19.1. The fourth-order valence-corrected chi connectivity index (χ4v) is 5.14. The van der Waals surface area contributed by atoms with Gasteiger partial charge in [-0.1, -0.05) is 24.3 Å². The number of fused-ring (bicyclic) bond motifs is 1. The lowest BCUT2D eigenvalue weighted by molar-refractivity contribution is 0.0554. The fourth-order valence-electron chi connectivity index (χ4n) is 4.14. The molecule has 28 heavy (non-hydrogen) atoms. The molecule has 1 atom stereocenters. The molecule has 1 aromatic heterocycles. The summed E-state index contributed by atoms with van der Waals surface area (Å²) in [6, 6.07) is 6.16. The van der Waals surface area contributed by atoms with Crippen LogP contribution in [0.5, 0.6) is 11.5 Å². The van der Waals surface area contributed by atoms with Crippen LogP contribution < -0.4 is 14.8 Å². The number of hydrogen-bond donors (Lipinski definition) is 1. The molecule has 2 aromatic rings. The van der Waals surface area contributed by atoms with E-state index in [4.69, 9.17) is 9.47 Å². The normalized spacial score (nSPS) is 21.0. The Kier molecular flexibility index (Phi) is 5.19. The molecule has 150 valence electrons. The summed E-state index contributed by atoms with van der Waals surface area (Å²) in [5.74, 6) is 1.74. The van der Waals surface area contributed by atoms with Gasteiger partial charge in [0.25, 0.3) is 5.91 Å². The molecule has 2 aliphatic heterocycles. The standard InChI is InChI=1S/C21H27N3O3S/c1-4-22-20-23-14(2)18(28-20)19(25)24-9-5-8-21(3,12-24)11-15-6-7-16-17(10-15)27-13-26-16/h6-7,10H,4-5,8-9,11-13H2,1-3H3,(H,22,23). The number of hydrogen-bond acceptors (Lipinski definition) is 6. The first-order chi connectivity index (χ1) is 13.5. The Morgan fingerprint density at radius 2 is 2.18 bits per heavy atom. The Labute approximate surface area is 169 Å². The average Bonchev–Trinajstić information content (AvgIpc) is 3.27. The first-order valence-corrected chi connectivity index (χ1v) is 10.7. The molecule has 1 saturated heterocycles. The molecule has 1 N–H and O–H groups in total. The van der Waals surface area contributed by atoms with Gasteiger partial charge in [-0.3, -0.25) is 4.79 Å². The van der Waals surface area contributed by atoms with Gasteiger partial charge in [-0.25, -0.2) is 4.98 Å². The maximum Gasteiger partial charge on any atom is 0.265 e. The van der Waals surface area contributed by atoms with Gasteiger partial charge in [0.05, 0.1) is 5.69 Å². The number of anilines is 1. The van der Waals surface area contributed by atoms with Gasteiger partial charge in [-0.2, -0.15) is 0 Å². The molecule has 2 aliphatic rings. The first-order valence-electron chi connectivity index (χ1n) is 9.86. The summed E-state index contributed by atoms with van der Waals surface area (Å²) >= 11 is 1.46. The molecule has 1 fully saturated rings. The van der Waals surface area contributed by atoms with Crippen molar-refractivity contribution >= 4 is 22.4 Å². The Morgan fingerprint density at radius 1 is 1.36 bits per heavy atom. The molecule has 1 amide bonds. The number of benzene rings is 1. The van der Waals surface area contributed by atoms with Crippen LogP contribution in [-0.2, 0) is 6.42 Å². The van der Waals surface area contributed by atoms with Crippen molar-refractivity contribution in [3.8, 4) is 11.5 Å². The number of nitrogens with one attached hydrogen (secondary N) is 1. The fraction of sp³-hybridized carbons (Fsp3) is 0.524. The van der Waals surface area contributed by atoms with Crippen molar-refractivity contribution in [1.29, 1.82) is 0 Å². The molecule has 1 unspecified atom stereocenters. The lowest BCUT2D eigenvalue weighted by Crippen LogP contribution is -2.45. The second-order valence-corrected chi connectivity index (χ2v) is 8.97. The monoisotopic (exact) mass is 401 g/mol. The number of nitrogens with zero attached hydrogens (tertiary/aromatic N) is 2. The van der Waals surface area contributed by atoms with E-state index in [9.17, 15) is 4.79 Å². The van der Waals surface area contributed by atoms with Crippen molar-refractivity contribution in [1.82, 2.24) is 9.88 Å². The van der Waals surface area contributed by atoms with Crippen LogP contribution in [0.25, 0.3) is 0 Å². The highest BCUT2D eigenvalue weighted by Crippen LogP contribution is 2.38. The van der Waals surface area contributed by atoms with Crippen LogP contribution in [0.15, 0.2) is 18.2 Å². The largest absolute Gasteiger partial charge is 0.454 e. The number of carbonyl (C=O) groups excluding carboxylic acids is 1. The summed E-state index contributed by atoms with van der Waals surface area (Å²) < 4.78 is 10.9. The minimum Gasteiger partial charge on any atom is -0.454 e. The predicted molar refractivity (Wildman–Crippen MR) is 111 cm³/mol.